The first-order chi connectivity index (χ1) is 11.6. The van der Waals surface area contributed by atoms with Crippen LogP contribution in [-0.4, -0.2) is 38.6 Å². The van der Waals surface area contributed by atoms with E-state index >= 15 is 0 Å². The molecule has 0 spiro atoms. The Kier molecular flexibility index (Phi) is 4.80. The lowest BCUT2D eigenvalue weighted by atomic mass is 9.86. The van der Waals surface area contributed by atoms with Crippen molar-refractivity contribution in [1.82, 2.24) is 25.4 Å². The maximum atomic E-state index is 12.1. The van der Waals surface area contributed by atoms with Crippen molar-refractivity contribution >= 4 is 6.03 Å². The third-order valence-corrected chi connectivity index (χ3v) is 4.82. The Bertz CT molecular complexity index is 671. The number of aliphatic hydroxyl groups is 1. The number of carbonyl (C=O) groups excluding carboxylic acids is 1. The van der Waals surface area contributed by atoms with Crippen LogP contribution < -0.4 is 10.6 Å². The zero-order valence-electron chi connectivity index (χ0n) is 13.8. The average molecular weight is 329 g/mol. The predicted molar refractivity (Wildman–Crippen MR) is 89.6 cm³/mol. The van der Waals surface area contributed by atoms with E-state index in [0.29, 0.717) is 6.54 Å². The van der Waals surface area contributed by atoms with Gasteiger partial charge in [0.25, 0.3) is 0 Å². The van der Waals surface area contributed by atoms with Crippen LogP contribution in [0.2, 0.25) is 0 Å². The largest absolute Gasteiger partial charge is 0.396 e. The van der Waals surface area contributed by atoms with Gasteiger partial charge in [-0.25, -0.2) is 14.5 Å². The molecule has 1 aliphatic rings. The highest BCUT2D eigenvalue weighted by Crippen LogP contribution is 2.37. The van der Waals surface area contributed by atoms with Crippen molar-refractivity contribution in [1.29, 1.82) is 0 Å². The van der Waals surface area contributed by atoms with Gasteiger partial charge in [-0.1, -0.05) is 25.5 Å². The Balaban J connectivity index is 1.51. The molecule has 2 aromatic rings. The van der Waals surface area contributed by atoms with Gasteiger partial charge in [0.1, 0.15) is 12.7 Å². The van der Waals surface area contributed by atoms with Crippen LogP contribution in [0.5, 0.6) is 0 Å². The molecule has 0 radical (unpaired) electrons. The first kappa shape index (κ1) is 16.4. The standard InChI is InChI=1S/C17H23N5O2/c1-17(10-23)8-2-3-15(17)21-16(24)19-9-13-4-6-14(7-5-13)22-12-18-11-20-22/h4-7,11-12,15,23H,2-3,8-10H2,1H3,(H2,19,21,24). The van der Waals surface area contributed by atoms with E-state index in [1.807, 2.05) is 31.2 Å². The number of benzene rings is 1. The van der Waals surface area contributed by atoms with Gasteiger partial charge in [-0.3, -0.25) is 0 Å². The average Bonchev–Trinajstić information content (AvgIpc) is 3.25. The Morgan fingerprint density at radius 1 is 1.42 bits per heavy atom. The molecule has 1 heterocycles. The van der Waals surface area contributed by atoms with Gasteiger partial charge in [-0.05, 0) is 30.5 Å². The van der Waals surface area contributed by atoms with Crippen LogP contribution in [0.3, 0.4) is 0 Å². The number of urea groups is 1. The van der Waals surface area contributed by atoms with Crippen molar-refractivity contribution < 1.29 is 9.90 Å². The van der Waals surface area contributed by atoms with E-state index in [0.717, 1.165) is 30.5 Å². The summed E-state index contributed by atoms with van der Waals surface area (Å²) in [4.78, 5) is 16.0. The minimum Gasteiger partial charge on any atom is -0.396 e. The summed E-state index contributed by atoms with van der Waals surface area (Å²) in [7, 11) is 0. The Labute approximate surface area is 141 Å². The number of hydrogen-bond acceptors (Lipinski definition) is 4. The van der Waals surface area contributed by atoms with E-state index in [4.69, 9.17) is 0 Å². The van der Waals surface area contributed by atoms with Gasteiger partial charge in [-0.15, -0.1) is 0 Å². The molecule has 128 valence electrons. The van der Waals surface area contributed by atoms with Gasteiger partial charge in [0.2, 0.25) is 0 Å². The van der Waals surface area contributed by atoms with E-state index in [-0.39, 0.29) is 24.1 Å². The minimum absolute atomic E-state index is 0.0252. The highest BCUT2D eigenvalue weighted by Gasteiger charge is 2.39. The van der Waals surface area contributed by atoms with Crippen LogP contribution >= 0.6 is 0 Å². The molecule has 1 saturated carbocycles. The lowest BCUT2D eigenvalue weighted by molar-refractivity contribution is 0.121. The van der Waals surface area contributed by atoms with Crippen molar-refractivity contribution in [2.24, 2.45) is 5.41 Å². The highest BCUT2D eigenvalue weighted by molar-refractivity contribution is 5.74. The molecule has 2 amide bonds. The fraction of sp³-hybridized carbons (Fsp3) is 0.471. The van der Waals surface area contributed by atoms with Crippen molar-refractivity contribution in [2.75, 3.05) is 6.61 Å². The molecular weight excluding hydrogens is 306 g/mol. The number of rotatable bonds is 5. The first-order valence-corrected chi connectivity index (χ1v) is 8.20. The van der Waals surface area contributed by atoms with Crippen molar-refractivity contribution in [3.8, 4) is 5.69 Å². The molecule has 2 unspecified atom stereocenters. The van der Waals surface area contributed by atoms with E-state index in [1.165, 1.54) is 6.33 Å². The quantitative estimate of drug-likeness (QED) is 0.777. The molecule has 1 fully saturated rings. The summed E-state index contributed by atoms with van der Waals surface area (Å²) in [6.45, 7) is 2.57. The molecule has 1 aromatic carbocycles. The van der Waals surface area contributed by atoms with Crippen LogP contribution in [-0.2, 0) is 6.54 Å². The molecule has 1 aromatic heterocycles. The number of nitrogens with one attached hydrogen (secondary N) is 2. The molecule has 3 N–H and O–H groups in total. The maximum Gasteiger partial charge on any atom is 0.315 e. The molecule has 24 heavy (non-hydrogen) atoms. The molecule has 0 aliphatic heterocycles. The summed E-state index contributed by atoms with van der Waals surface area (Å²) < 4.78 is 1.68. The van der Waals surface area contributed by atoms with Crippen LogP contribution in [0.4, 0.5) is 4.79 Å². The predicted octanol–water partition coefficient (Wildman–Crippen LogP) is 1.62. The fourth-order valence-electron chi connectivity index (χ4n) is 3.17. The van der Waals surface area contributed by atoms with Crippen LogP contribution in [0.25, 0.3) is 5.69 Å². The van der Waals surface area contributed by atoms with Gasteiger partial charge in [0.05, 0.1) is 12.3 Å². The van der Waals surface area contributed by atoms with Crippen LogP contribution in [0, 0.1) is 5.41 Å². The molecule has 7 heteroatoms. The third-order valence-electron chi connectivity index (χ3n) is 4.82. The van der Waals surface area contributed by atoms with Crippen LogP contribution in [0.1, 0.15) is 31.7 Å². The summed E-state index contributed by atoms with van der Waals surface area (Å²) in [5, 5.41) is 19.5. The zero-order valence-corrected chi connectivity index (χ0v) is 13.8. The van der Waals surface area contributed by atoms with E-state index in [9.17, 15) is 9.90 Å². The van der Waals surface area contributed by atoms with Crippen molar-refractivity contribution in [2.45, 2.75) is 38.8 Å². The SMILES string of the molecule is CC1(CO)CCCC1NC(=O)NCc1ccc(-n2cncn2)cc1. The number of hydrogen-bond donors (Lipinski definition) is 3. The van der Waals surface area contributed by atoms with Gasteiger partial charge < -0.3 is 15.7 Å². The number of nitrogens with zero attached hydrogens (tertiary/aromatic N) is 3. The monoisotopic (exact) mass is 329 g/mol. The minimum atomic E-state index is -0.212. The third kappa shape index (κ3) is 3.56. The summed E-state index contributed by atoms with van der Waals surface area (Å²) in [6, 6.07) is 7.60. The number of carbonyl (C=O) groups is 1. The Morgan fingerprint density at radius 2 is 2.21 bits per heavy atom. The second kappa shape index (κ2) is 7.00. The smallest absolute Gasteiger partial charge is 0.315 e. The molecule has 3 rings (SSSR count). The van der Waals surface area contributed by atoms with E-state index in [1.54, 1.807) is 11.0 Å². The number of aromatic nitrogens is 3. The molecule has 0 saturated heterocycles. The molecule has 2 atom stereocenters. The van der Waals surface area contributed by atoms with Crippen molar-refractivity contribution in [3.63, 3.8) is 0 Å². The van der Waals surface area contributed by atoms with Gasteiger partial charge in [0.15, 0.2) is 0 Å². The first-order valence-electron chi connectivity index (χ1n) is 8.20. The van der Waals surface area contributed by atoms with Gasteiger partial charge in [0, 0.05) is 18.0 Å². The summed E-state index contributed by atoms with van der Waals surface area (Å²) in [5.41, 5.74) is 1.72. The lowest BCUT2D eigenvalue weighted by Gasteiger charge is -2.30. The van der Waals surface area contributed by atoms with Gasteiger partial charge >= 0.3 is 6.03 Å². The van der Waals surface area contributed by atoms with Gasteiger partial charge in [-0.2, -0.15) is 5.10 Å². The number of amides is 2. The zero-order chi connectivity index (χ0) is 17.0. The van der Waals surface area contributed by atoms with E-state index < -0.39 is 0 Å². The molecule has 7 nitrogen and oxygen atoms in total. The summed E-state index contributed by atoms with van der Waals surface area (Å²) in [6.07, 6.45) is 6.02. The Morgan fingerprint density at radius 3 is 2.88 bits per heavy atom. The van der Waals surface area contributed by atoms with Crippen LogP contribution in [0.15, 0.2) is 36.9 Å². The topological polar surface area (TPSA) is 92.1 Å². The fourth-order valence-corrected chi connectivity index (χ4v) is 3.17. The summed E-state index contributed by atoms with van der Waals surface area (Å²) in [5.74, 6) is 0. The molecular formula is C17H23N5O2. The van der Waals surface area contributed by atoms with E-state index in [2.05, 4.69) is 20.7 Å². The second-order valence-electron chi connectivity index (χ2n) is 6.59. The highest BCUT2D eigenvalue weighted by atomic mass is 16.3. The maximum absolute atomic E-state index is 12.1. The normalized spacial score (nSPS) is 23.2. The van der Waals surface area contributed by atoms with Crippen molar-refractivity contribution in [3.05, 3.63) is 42.5 Å². The number of aliphatic hydroxyl groups excluding tert-OH is 1. The lowest BCUT2D eigenvalue weighted by Crippen LogP contribution is -2.48. The molecule has 0 bridgehead atoms. The summed E-state index contributed by atoms with van der Waals surface area (Å²) >= 11 is 0. The second-order valence-corrected chi connectivity index (χ2v) is 6.59. The molecule has 1 aliphatic carbocycles. The Hall–Kier alpha value is -2.41.